The first-order valence-electron chi connectivity index (χ1n) is 6.08. The summed E-state index contributed by atoms with van der Waals surface area (Å²) < 4.78 is 0. The summed E-state index contributed by atoms with van der Waals surface area (Å²) in [7, 11) is 3.95. The van der Waals surface area contributed by atoms with Gasteiger partial charge < -0.3 is 0 Å². The fraction of sp³-hybridized carbons (Fsp3) is 0.846. The molecule has 0 amide bonds. The molecule has 0 saturated heterocycles. The van der Waals surface area contributed by atoms with E-state index in [1.165, 1.54) is 12.8 Å². The third-order valence-corrected chi connectivity index (χ3v) is 0.974. The molecule has 0 aromatic heterocycles. The van der Waals surface area contributed by atoms with E-state index in [1.807, 2.05) is 39.9 Å². The molecular weight excluding hydrogens is 184 g/mol. The van der Waals surface area contributed by atoms with Crippen LogP contribution in [0.3, 0.4) is 0 Å². The van der Waals surface area contributed by atoms with Crippen LogP contribution in [0.15, 0.2) is 12.7 Å². The summed E-state index contributed by atoms with van der Waals surface area (Å²) in [5.41, 5.74) is 3.04. The van der Waals surface area contributed by atoms with Gasteiger partial charge in [-0.1, -0.05) is 53.5 Å². The Labute approximate surface area is 98.7 Å². The number of allylic oxidation sites excluding steroid dienone is 1. The van der Waals surface area contributed by atoms with Gasteiger partial charge in [0.15, 0.2) is 0 Å². The van der Waals surface area contributed by atoms with E-state index in [1.54, 1.807) is 6.08 Å². The second-order valence-electron chi connectivity index (χ2n) is 2.81. The van der Waals surface area contributed by atoms with Crippen molar-refractivity contribution in [3.05, 3.63) is 12.7 Å². The molecule has 2 heteroatoms. The Kier molecular flexibility index (Phi) is 59.9. The molecule has 0 aliphatic heterocycles. The van der Waals surface area contributed by atoms with E-state index in [-0.39, 0.29) is 0 Å². The van der Waals surface area contributed by atoms with E-state index >= 15 is 0 Å². The summed E-state index contributed by atoms with van der Waals surface area (Å²) in [4.78, 5) is 0. The van der Waals surface area contributed by atoms with Crippen LogP contribution in [0.2, 0.25) is 0 Å². The van der Waals surface area contributed by atoms with E-state index in [4.69, 9.17) is 0 Å². The summed E-state index contributed by atoms with van der Waals surface area (Å²) in [6.45, 7) is 16.7. The maximum Gasteiger partial charge on any atom is 0.00735 e. The average Bonchev–Trinajstić information content (AvgIpc) is 2.22. The quantitative estimate of drug-likeness (QED) is 0.567. The SMILES string of the molecule is C=CC.CC.CCCC.CCNN(C)C. The molecule has 0 unspecified atom stereocenters. The Balaban J connectivity index is -0.0000000590. The first-order chi connectivity index (χ1) is 7.10. The van der Waals surface area contributed by atoms with Gasteiger partial charge in [0, 0.05) is 20.6 Å². The van der Waals surface area contributed by atoms with Crippen LogP contribution in [-0.2, 0) is 0 Å². The first-order valence-corrected chi connectivity index (χ1v) is 6.08. The highest BCUT2D eigenvalue weighted by atomic mass is 15.5. The van der Waals surface area contributed by atoms with Gasteiger partial charge in [-0.25, -0.2) is 0 Å². The molecule has 0 fully saturated rings. The molecule has 0 spiro atoms. The van der Waals surface area contributed by atoms with Crippen molar-refractivity contribution in [1.82, 2.24) is 10.4 Å². The molecule has 0 aliphatic rings. The molecule has 0 aromatic carbocycles. The molecule has 96 valence electrons. The molecule has 0 rings (SSSR count). The highest BCUT2D eigenvalue weighted by molar-refractivity contribution is 4.51. The fourth-order valence-corrected chi connectivity index (χ4v) is 0.316. The van der Waals surface area contributed by atoms with Crippen molar-refractivity contribution < 1.29 is 0 Å². The highest BCUT2D eigenvalue weighted by Gasteiger charge is 1.75. The molecule has 0 bridgehead atoms. The Hall–Kier alpha value is -0.340. The summed E-state index contributed by atoms with van der Waals surface area (Å²) >= 11 is 0. The zero-order chi connectivity index (χ0) is 13.1. The predicted octanol–water partition coefficient (Wildman–Crippen LogP) is 4.10. The number of hydrogen-bond acceptors (Lipinski definition) is 2. The second-order valence-corrected chi connectivity index (χ2v) is 2.81. The van der Waals surface area contributed by atoms with Crippen LogP contribution in [0.1, 0.15) is 54.4 Å². The van der Waals surface area contributed by atoms with Gasteiger partial charge in [-0.15, -0.1) is 6.58 Å². The van der Waals surface area contributed by atoms with Gasteiger partial charge in [-0.3, -0.25) is 10.4 Å². The van der Waals surface area contributed by atoms with Crippen LogP contribution in [0, 0.1) is 0 Å². The lowest BCUT2D eigenvalue weighted by molar-refractivity contribution is 0.299. The normalized spacial score (nSPS) is 7.27. The van der Waals surface area contributed by atoms with Gasteiger partial charge in [0.25, 0.3) is 0 Å². The maximum absolute atomic E-state index is 3.36. The van der Waals surface area contributed by atoms with Crippen molar-refractivity contribution in [2.45, 2.75) is 54.4 Å². The monoisotopic (exact) mass is 218 g/mol. The molecule has 2 nitrogen and oxygen atoms in total. The zero-order valence-corrected chi connectivity index (χ0v) is 12.4. The highest BCUT2D eigenvalue weighted by Crippen LogP contribution is 1.76. The Morgan fingerprint density at radius 1 is 1.07 bits per heavy atom. The predicted molar refractivity (Wildman–Crippen MR) is 75.2 cm³/mol. The van der Waals surface area contributed by atoms with Crippen LogP contribution in [0.4, 0.5) is 0 Å². The number of unbranched alkanes of at least 4 members (excludes halogenated alkanes) is 1. The standard InChI is InChI=1S/C4H12N2.C4H10.C3H6.C2H6/c1-4-5-6(2)3;1-3-4-2;1-3-2;1-2/h5H,4H2,1-3H3;3-4H2,1-2H3;3H,1H2,2H3;1-2H3. The molecule has 0 atom stereocenters. The maximum atomic E-state index is 3.36. The lowest BCUT2D eigenvalue weighted by Crippen LogP contribution is -2.29. The Bertz CT molecular complexity index is 68.9. The van der Waals surface area contributed by atoms with Crippen molar-refractivity contribution in [3.63, 3.8) is 0 Å². The van der Waals surface area contributed by atoms with E-state index in [2.05, 4.69) is 32.8 Å². The van der Waals surface area contributed by atoms with E-state index < -0.39 is 0 Å². The molecule has 0 aliphatic carbocycles. The van der Waals surface area contributed by atoms with Crippen molar-refractivity contribution >= 4 is 0 Å². The lowest BCUT2D eigenvalue weighted by atomic mass is 10.4. The second kappa shape index (κ2) is 37.3. The summed E-state index contributed by atoms with van der Waals surface area (Å²) in [6.07, 6.45) is 4.39. The molecular formula is C13H34N2. The number of rotatable bonds is 3. The molecule has 0 aromatic rings. The third kappa shape index (κ3) is 139. The summed E-state index contributed by atoms with van der Waals surface area (Å²) in [5, 5.41) is 1.93. The first kappa shape index (κ1) is 24.1. The third-order valence-electron chi connectivity index (χ3n) is 0.974. The van der Waals surface area contributed by atoms with Crippen LogP contribution < -0.4 is 5.43 Å². The van der Waals surface area contributed by atoms with Crippen molar-refractivity contribution in [2.75, 3.05) is 20.6 Å². The van der Waals surface area contributed by atoms with Crippen molar-refractivity contribution in [1.29, 1.82) is 0 Å². The lowest BCUT2D eigenvalue weighted by Gasteiger charge is -2.07. The number of hydrogen-bond donors (Lipinski definition) is 1. The van der Waals surface area contributed by atoms with Crippen molar-refractivity contribution in [2.24, 2.45) is 0 Å². The van der Waals surface area contributed by atoms with Gasteiger partial charge in [-0.05, 0) is 6.92 Å². The van der Waals surface area contributed by atoms with E-state index in [0.717, 1.165) is 6.54 Å². The van der Waals surface area contributed by atoms with Gasteiger partial charge in [0.1, 0.15) is 0 Å². The van der Waals surface area contributed by atoms with Crippen LogP contribution in [-0.4, -0.2) is 25.6 Å². The van der Waals surface area contributed by atoms with Gasteiger partial charge in [-0.2, -0.15) is 0 Å². The van der Waals surface area contributed by atoms with Gasteiger partial charge in [0.05, 0.1) is 0 Å². The Morgan fingerprint density at radius 2 is 1.33 bits per heavy atom. The average molecular weight is 218 g/mol. The molecule has 15 heavy (non-hydrogen) atoms. The number of nitrogens with zero attached hydrogens (tertiary/aromatic N) is 1. The smallest absolute Gasteiger partial charge is 0.00735 e. The number of nitrogens with one attached hydrogen (secondary N) is 1. The van der Waals surface area contributed by atoms with Crippen LogP contribution in [0.25, 0.3) is 0 Å². The zero-order valence-electron chi connectivity index (χ0n) is 12.4. The van der Waals surface area contributed by atoms with E-state index in [9.17, 15) is 0 Å². The van der Waals surface area contributed by atoms with Gasteiger partial charge in [0.2, 0.25) is 0 Å². The summed E-state index contributed by atoms with van der Waals surface area (Å²) in [6, 6.07) is 0. The minimum atomic E-state index is 1.01. The largest absolute Gasteiger partial charge is 0.256 e. The van der Waals surface area contributed by atoms with Gasteiger partial charge >= 0.3 is 0 Å². The molecule has 1 N–H and O–H groups in total. The molecule has 0 radical (unpaired) electrons. The topological polar surface area (TPSA) is 15.3 Å². The van der Waals surface area contributed by atoms with E-state index in [0.29, 0.717) is 0 Å². The minimum Gasteiger partial charge on any atom is -0.256 e. The van der Waals surface area contributed by atoms with Crippen LogP contribution in [0.5, 0.6) is 0 Å². The Morgan fingerprint density at radius 3 is 1.33 bits per heavy atom. The van der Waals surface area contributed by atoms with Crippen LogP contribution >= 0.6 is 0 Å². The molecule has 0 saturated carbocycles. The van der Waals surface area contributed by atoms with Crippen molar-refractivity contribution in [3.8, 4) is 0 Å². The fourth-order valence-electron chi connectivity index (χ4n) is 0.316. The minimum absolute atomic E-state index is 1.01. The summed E-state index contributed by atoms with van der Waals surface area (Å²) in [5.74, 6) is 0. The molecule has 0 heterocycles. The number of hydrazine groups is 1.